The van der Waals surface area contributed by atoms with Crippen LogP contribution >= 0.6 is 23.4 Å². The number of halogens is 1. The molecule has 0 aliphatic carbocycles. The van der Waals surface area contributed by atoms with Crippen LogP contribution in [0.4, 0.5) is 0 Å². The van der Waals surface area contributed by atoms with Crippen LogP contribution in [0.5, 0.6) is 0 Å². The van der Waals surface area contributed by atoms with Crippen molar-refractivity contribution in [1.29, 1.82) is 0 Å². The summed E-state index contributed by atoms with van der Waals surface area (Å²) in [4.78, 5) is 15.5. The van der Waals surface area contributed by atoms with Crippen molar-refractivity contribution in [3.63, 3.8) is 0 Å². The molecule has 0 radical (unpaired) electrons. The smallest absolute Gasteiger partial charge is 0.141 e. The Morgan fingerprint density at radius 3 is 2.48 bits per heavy atom. The summed E-state index contributed by atoms with van der Waals surface area (Å²) in [5, 5.41) is 0.872. The maximum absolute atomic E-state index is 13.1. The van der Waals surface area contributed by atoms with Gasteiger partial charge in [-0.2, -0.15) is 11.8 Å². The van der Waals surface area contributed by atoms with Crippen molar-refractivity contribution in [2.24, 2.45) is 11.1 Å². The van der Waals surface area contributed by atoms with Gasteiger partial charge in [0.1, 0.15) is 5.78 Å². The van der Waals surface area contributed by atoms with Crippen LogP contribution in [0.1, 0.15) is 50.3 Å². The van der Waals surface area contributed by atoms with E-state index in [1.165, 1.54) is 19.3 Å². The predicted molar refractivity (Wildman–Crippen MR) is 109 cm³/mol. The molecule has 0 amide bonds. The normalized spacial score (nSPS) is 17.4. The second-order valence-electron chi connectivity index (χ2n) is 7.55. The van der Waals surface area contributed by atoms with Gasteiger partial charge in [-0.1, -0.05) is 44.0 Å². The van der Waals surface area contributed by atoms with Crippen LogP contribution < -0.4 is 5.73 Å². The fourth-order valence-corrected chi connectivity index (χ4v) is 4.54. The Balaban J connectivity index is 2.02. The minimum absolute atomic E-state index is 0.147. The van der Waals surface area contributed by atoms with Gasteiger partial charge in [0.2, 0.25) is 0 Å². The molecule has 1 aromatic rings. The van der Waals surface area contributed by atoms with Crippen LogP contribution in [0.25, 0.3) is 0 Å². The number of rotatable bonds is 9. The highest BCUT2D eigenvalue weighted by Gasteiger charge is 2.32. The molecule has 0 bridgehead atoms. The molecule has 140 valence electrons. The summed E-state index contributed by atoms with van der Waals surface area (Å²) < 4.78 is 0. The number of nitrogens with zero attached hydrogens (tertiary/aromatic N) is 1. The Morgan fingerprint density at radius 1 is 1.24 bits per heavy atom. The second-order valence-corrected chi connectivity index (χ2v) is 9.29. The average Bonchev–Trinajstić information content (AvgIpc) is 2.59. The third-order valence-corrected chi connectivity index (χ3v) is 6.44. The summed E-state index contributed by atoms with van der Waals surface area (Å²) in [6, 6.07) is 7.86. The van der Waals surface area contributed by atoms with Gasteiger partial charge in [-0.25, -0.2) is 0 Å². The molecule has 1 aliphatic rings. The lowest BCUT2D eigenvalue weighted by Gasteiger charge is -2.34. The summed E-state index contributed by atoms with van der Waals surface area (Å²) in [6.07, 6.45) is 4.38. The monoisotopic (exact) mass is 382 g/mol. The van der Waals surface area contributed by atoms with Crippen LogP contribution in [0.15, 0.2) is 24.3 Å². The molecular formula is C20H31ClN2OS. The van der Waals surface area contributed by atoms with Gasteiger partial charge in [0.05, 0.1) is 0 Å². The van der Waals surface area contributed by atoms with Crippen molar-refractivity contribution in [2.75, 3.05) is 31.9 Å². The van der Waals surface area contributed by atoms with E-state index in [1.54, 1.807) is 11.8 Å². The molecule has 1 fully saturated rings. The molecule has 1 aromatic carbocycles. The first-order chi connectivity index (χ1) is 11.9. The number of ketones is 1. The second kappa shape index (κ2) is 9.96. The average molecular weight is 383 g/mol. The van der Waals surface area contributed by atoms with Gasteiger partial charge in [0.25, 0.3) is 0 Å². The van der Waals surface area contributed by atoms with Crippen molar-refractivity contribution in [2.45, 2.75) is 44.8 Å². The van der Waals surface area contributed by atoms with Crippen molar-refractivity contribution < 1.29 is 4.79 Å². The number of hydrogen-bond donors (Lipinski definition) is 1. The van der Waals surface area contributed by atoms with E-state index >= 15 is 0 Å². The third kappa shape index (κ3) is 6.59. The zero-order valence-corrected chi connectivity index (χ0v) is 17.0. The molecular weight excluding hydrogens is 352 g/mol. The molecule has 1 atom stereocenters. The fraction of sp³-hybridized carbons (Fsp3) is 0.650. The minimum atomic E-state index is -0.314. The van der Waals surface area contributed by atoms with E-state index in [4.69, 9.17) is 17.3 Å². The van der Waals surface area contributed by atoms with Crippen LogP contribution in [-0.4, -0.2) is 42.6 Å². The summed E-state index contributed by atoms with van der Waals surface area (Å²) in [6.45, 7) is 7.92. The highest BCUT2D eigenvalue weighted by Crippen LogP contribution is 2.36. The molecule has 3 nitrogen and oxygen atoms in total. The highest BCUT2D eigenvalue weighted by atomic mass is 35.5. The maximum Gasteiger partial charge on any atom is 0.141 e. The zero-order valence-electron chi connectivity index (χ0n) is 15.5. The Hall–Kier alpha value is -0.550. The van der Waals surface area contributed by atoms with Gasteiger partial charge < -0.3 is 10.6 Å². The predicted octanol–water partition coefficient (Wildman–Crippen LogP) is 4.54. The molecule has 25 heavy (non-hydrogen) atoms. The summed E-state index contributed by atoms with van der Waals surface area (Å²) >= 11 is 7.78. The van der Waals surface area contributed by atoms with Crippen LogP contribution in [0, 0.1) is 5.41 Å². The van der Waals surface area contributed by atoms with Gasteiger partial charge in [-0.3, -0.25) is 4.79 Å². The summed E-state index contributed by atoms with van der Waals surface area (Å²) in [5.74, 6) is 1.19. The van der Waals surface area contributed by atoms with Crippen LogP contribution in [-0.2, 0) is 4.79 Å². The Morgan fingerprint density at radius 2 is 1.88 bits per heavy atom. The van der Waals surface area contributed by atoms with E-state index in [0.717, 1.165) is 36.0 Å². The largest absolute Gasteiger partial charge is 0.330 e. The standard InChI is InChI=1S/C20H31ClN2OS/c1-20(2,15-23-11-4-3-5-12-23)19(24)14-18(25-13-10-22)16-6-8-17(21)9-7-16/h6-9,18H,3-5,10-15,22H2,1-2H3/t18-/m0/s1. The van der Waals surface area contributed by atoms with Crippen molar-refractivity contribution in [1.82, 2.24) is 4.90 Å². The number of carbonyl (C=O) groups is 1. The van der Waals surface area contributed by atoms with Gasteiger partial charge >= 0.3 is 0 Å². The van der Waals surface area contributed by atoms with E-state index in [0.29, 0.717) is 18.7 Å². The van der Waals surface area contributed by atoms with Crippen molar-refractivity contribution >= 4 is 29.1 Å². The molecule has 0 spiro atoms. The molecule has 1 heterocycles. The maximum atomic E-state index is 13.1. The minimum Gasteiger partial charge on any atom is -0.330 e. The quantitative estimate of drug-likeness (QED) is 0.680. The molecule has 2 rings (SSSR count). The number of Topliss-reactive ketones (excluding diaryl/α,β-unsaturated/α-hetero) is 1. The highest BCUT2D eigenvalue weighted by molar-refractivity contribution is 7.99. The summed E-state index contributed by atoms with van der Waals surface area (Å²) in [5.41, 5.74) is 6.53. The molecule has 2 N–H and O–H groups in total. The Bertz CT molecular complexity index is 541. The van der Waals surface area contributed by atoms with Crippen molar-refractivity contribution in [3.05, 3.63) is 34.9 Å². The third-order valence-electron chi connectivity index (χ3n) is 4.87. The van der Waals surface area contributed by atoms with Crippen LogP contribution in [0.2, 0.25) is 5.02 Å². The first-order valence-electron chi connectivity index (χ1n) is 9.25. The van der Waals surface area contributed by atoms with E-state index in [-0.39, 0.29) is 10.7 Å². The Labute approximate surface area is 161 Å². The van der Waals surface area contributed by atoms with Gasteiger partial charge in [-0.15, -0.1) is 0 Å². The first-order valence-corrected chi connectivity index (χ1v) is 10.7. The van der Waals surface area contributed by atoms with E-state index in [1.807, 2.05) is 24.3 Å². The van der Waals surface area contributed by atoms with Crippen LogP contribution in [0.3, 0.4) is 0 Å². The Kier molecular flexibility index (Phi) is 8.27. The summed E-state index contributed by atoms with van der Waals surface area (Å²) in [7, 11) is 0. The number of piperidine rings is 1. The molecule has 0 saturated carbocycles. The fourth-order valence-electron chi connectivity index (χ4n) is 3.37. The number of hydrogen-bond acceptors (Lipinski definition) is 4. The molecule has 0 aromatic heterocycles. The van der Waals surface area contributed by atoms with E-state index in [9.17, 15) is 4.79 Å². The van der Waals surface area contributed by atoms with Gasteiger partial charge in [-0.05, 0) is 43.6 Å². The molecule has 5 heteroatoms. The van der Waals surface area contributed by atoms with E-state index < -0.39 is 0 Å². The number of likely N-dealkylation sites (tertiary alicyclic amines) is 1. The zero-order chi connectivity index (χ0) is 18.3. The number of carbonyl (C=O) groups excluding carboxylic acids is 1. The lowest BCUT2D eigenvalue weighted by atomic mass is 9.84. The topological polar surface area (TPSA) is 46.3 Å². The lowest BCUT2D eigenvalue weighted by Crippen LogP contribution is -2.42. The van der Waals surface area contributed by atoms with Crippen molar-refractivity contribution in [3.8, 4) is 0 Å². The van der Waals surface area contributed by atoms with E-state index in [2.05, 4.69) is 18.7 Å². The van der Waals surface area contributed by atoms with Gasteiger partial charge in [0, 0.05) is 41.0 Å². The SMILES string of the molecule is CC(C)(CN1CCCCC1)C(=O)C[C@H](SCCN)c1ccc(Cl)cc1. The number of benzene rings is 1. The van der Waals surface area contributed by atoms with Gasteiger partial charge in [0.15, 0.2) is 0 Å². The lowest BCUT2D eigenvalue weighted by molar-refractivity contribution is -0.128. The molecule has 1 aliphatic heterocycles. The number of thioether (sulfide) groups is 1. The first kappa shape index (κ1) is 20.8. The molecule has 0 unspecified atom stereocenters. The number of nitrogens with two attached hydrogens (primary N) is 1. The molecule has 1 saturated heterocycles.